The third-order valence-corrected chi connectivity index (χ3v) is 3.69. The van der Waals surface area contributed by atoms with Gasteiger partial charge in [-0.05, 0) is 34.6 Å². The Kier molecular flexibility index (Phi) is 4.65. The standard InChI is InChI=1S/C12H14BrN3S/c1-2-14-11(7-12-15-5-6-17-12)10-4-3-9(13)8-16-10/h3-6,8,11,14H,2,7H2,1H3. The van der Waals surface area contributed by atoms with E-state index in [2.05, 4.69) is 38.1 Å². The lowest BCUT2D eigenvalue weighted by Gasteiger charge is -2.16. The van der Waals surface area contributed by atoms with E-state index in [4.69, 9.17) is 0 Å². The molecule has 0 aromatic carbocycles. The minimum Gasteiger partial charge on any atom is -0.309 e. The van der Waals surface area contributed by atoms with E-state index >= 15 is 0 Å². The van der Waals surface area contributed by atoms with Crippen LogP contribution in [0.1, 0.15) is 23.7 Å². The Bertz CT molecular complexity index is 441. The number of halogens is 1. The molecule has 0 aliphatic heterocycles. The van der Waals surface area contributed by atoms with Crippen LogP contribution in [0.3, 0.4) is 0 Å². The van der Waals surface area contributed by atoms with Crippen LogP contribution in [0.15, 0.2) is 34.4 Å². The van der Waals surface area contributed by atoms with Crippen LogP contribution < -0.4 is 5.32 Å². The third kappa shape index (κ3) is 3.59. The van der Waals surface area contributed by atoms with E-state index in [1.807, 2.05) is 29.9 Å². The highest BCUT2D eigenvalue weighted by Gasteiger charge is 2.13. The number of thiazole rings is 1. The molecular weight excluding hydrogens is 298 g/mol. The number of nitrogens with one attached hydrogen (secondary N) is 1. The smallest absolute Gasteiger partial charge is 0.0944 e. The molecular formula is C12H14BrN3S. The summed E-state index contributed by atoms with van der Waals surface area (Å²) < 4.78 is 1.01. The molecule has 0 amide bonds. The lowest BCUT2D eigenvalue weighted by molar-refractivity contribution is 0.535. The van der Waals surface area contributed by atoms with Crippen molar-refractivity contribution in [2.75, 3.05) is 6.54 Å². The lowest BCUT2D eigenvalue weighted by Crippen LogP contribution is -2.23. The number of hydrogen-bond acceptors (Lipinski definition) is 4. The topological polar surface area (TPSA) is 37.8 Å². The molecule has 0 aliphatic rings. The minimum atomic E-state index is 0.235. The minimum absolute atomic E-state index is 0.235. The Morgan fingerprint density at radius 3 is 2.88 bits per heavy atom. The largest absolute Gasteiger partial charge is 0.309 e. The van der Waals surface area contributed by atoms with Gasteiger partial charge in [-0.25, -0.2) is 4.98 Å². The zero-order valence-corrected chi connectivity index (χ0v) is 12.0. The van der Waals surface area contributed by atoms with Crippen LogP contribution in [0.4, 0.5) is 0 Å². The molecule has 90 valence electrons. The first-order valence-electron chi connectivity index (χ1n) is 5.52. The summed E-state index contributed by atoms with van der Waals surface area (Å²) in [6.45, 7) is 3.03. The molecule has 3 nitrogen and oxygen atoms in total. The summed E-state index contributed by atoms with van der Waals surface area (Å²) in [5, 5.41) is 6.59. The summed E-state index contributed by atoms with van der Waals surface area (Å²) in [5.74, 6) is 0. The molecule has 0 spiro atoms. The highest BCUT2D eigenvalue weighted by Crippen LogP contribution is 2.19. The van der Waals surface area contributed by atoms with Gasteiger partial charge in [-0.3, -0.25) is 4.98 Å². The molecule has 0 fully saturated rings. The Hall–Kier alpha value is -0.780. The maximum atomic E-state index is 4.45. The number of rotatable bonds is 5. The van der Waals surface area contributed by atoms with Crippen molar-refractivity contribution in [2.24, 2.45) is 0 Å². The molecule has 2 aromatic rings. The second-order valence-corrected chi connectivity index (χ2v) is 5.54. The van der Waals surface area contributed by atoms with E-state index in [1.54, 1.807) is 11.3 Å². The van der Waals surface area contributed by atoms with Crippen molar-refractivity contribution in [3.63, 3.8) is 0 Å². The van der Waals surface area contributed by atoms with Crippen molar-refractivity contribution in [2.45, 2.75) is 19.4 Å². The van der Waals surface area contributed by atoms with Crippen molar-refractivity contribution in [3.05, 3.63) is 45.1 Å². The van der Waals surface area contributed by atoms with Crippen LogP contribution >= 0.6 is 27.3 Å². The first-order chi connectivity index (χ1) is 8.29. The van der Waals surface area contributed by atoms with Crippen LogP contribution in [0.5, 0.6) is 0 Å². The van der Waals surface area contributed by atoms with E-state index in [9.17, 15) is 0 Å². The maximum Gasteiger partial charge on any atom is 0.0944 e. The number of aromatic nitrogens is 2. The van der Waals surface area contributed by atoms with Crippen molar-refractivity contribution < 1.29 is 0 Å². The summed E-state index contributed by atoms with van der Waals surface area (Å²) in [6, 6.07) is 4.30. The van der Waals surface area contributed by atoms with Gasteiger partial charge in [0, 0.05) is 28.7 Å². The van der Waals surface area contributed by atoms with Crippen LogP contribution in [-0.2, 0) is 6.42 Å². The summed E-state index contributed by atoms with van der Waals surface area (Å²) in [7, 11) is 0. The van der Waals surface area contributed by atoms with Crippen LogP contribution in [0, 0.1) is 0 Å². The van der Waals surface area contributed by atoms with Gasteiger partial charge >= 0.3 is 0 Å². The molecule has 5 heteroatoms. The highest BCUT2D eigenvalue weighted by atomic mass is 79.9. The molecule has 17 heavy (non-hydrogen) atoms. The van der Waals surface area contributed by atoms with Gasteiger partial charge in [0.05, 0.1) is 16.7 Å². The van der Waals surface area contributed by atoms with Gasteiger partial charge in [0.1, 0.15) is 0 Å². The predicted octanol–water partition coefficient (Wildman–Crippen LogP) is 3.19. The molecule has 1 unspecified atom stereocenters. The summed E-state index contributed by atoms with van der Waals surface area (Å²) in [4.78, 5) is 8.77. The third-order valence-electron chi connectivity index (χ3n) is 2.42. The average molecular weight is 312 g/mol. The Labute approximate surface area is 113 Å². The van der Waals surface area contributed by atoms with E-state index in [0.717, 1.165) is 28.1 Å². The SMILES string of the molecule is CCNC(Cc1nccs1)c1ccc(Br)cn1. The predicted molar refractivity (Wildman–Crippen MR) is 74.2 cm³/mol. The molecule has 1 N–H and O–H groups in total. The first kappa shape index (κ1) is 12.7. The van der Waals surface area contributed by atoms with E-state index in [1.165, 1.54) is 0 Å². The Morgan fingerprint density at radius 2 is 2.29 bits per heavy atom. The molecule has 1 atom stereocenters. The van der Waals surface area contributed by atoms with E-state index < -0.39 is 0 Å². The maximum absolute atomic E-state index is 4.45. The van der Waals surface area contributed by atoms with Crippen molar-refractivity contribution >= 4 is 27.3 Å². The van der Waals surface area contributed by atoms with Gasteiger partial charge in [0.15, 0.2) is 0 Å². The fourth-order valence-electron chi connectivity index (χ4n) is 1.65. The van der Waals surface area contributed by atoms with Gasteiger partial charge in [0.25, 0.3) is 0 Å². The van der Waals surface area contributed by atoms with Gasteiger partial charge in [0.2, 0.25) is 0 Å². The normalized spacial score (nSPS) is 12.6. The molecule has 0 radical (unpaired) electrons. The molecule has 0 aliphatic carbocycles. The van der Waals surface area contributed by atoms with Gasteiger partial charge in [-0.15, -0.1) is 11.3 Å². The fourth-order valence-corrected chi connectivity index (χ4v) is 2.55. The Balaban J connectivity index is 2.13. The summed E-state index contributed by atoms with van der Waals surface area (Å²) in [5.41, 5.74) is 1.06. The van der Waals surface area contributed by atoms with E-state index in [-0.39, 0.29) is 6.04 Å². The van der Waals surface area contributed by atoms with E-state index in [0.29, 0.717) is 0 Å². The van der Waals surface area contributed by atoms with Crippen LogP contribution in [-0.4, -0.2) is 16.5 Å². The van der Waals surface area contributed by atoms with Crippen molar-refractivity contribution in [3.8, 4) is 0 Å². The number of pyridine rings is 1. The Morgan fingerprint density at radius 1 is 1.41 bits per heavy atom. The monoisotopic (exact) mass is 311 g/mol. The molecule has 0 saturated heterocycles. The summed E-state index contributed by atoms with van der Waals surface area (Å²) in [6.07, 6.45) is 4.57. The molecule has 2 rings (SSSR count). The number of likely N-dealkylation sites (N-methyl/N-ethyl adjacent to an activating group) is 1. The number of hydrogen-bond donors (Lipinski definition) is 1. The average Bonchev–Trinajstić information content (AvgIpc) is 2.82. The zero-order chi connectivity index (χ0) is 12.1. The quantitative estimate of drug-likeness (QED) is 0.921. The first-order valence-corrected chi connectivity index (χ1v) is 7.20. The van der Waals surface area contributed by atoms with Crippen LogP contribution in [0.25, 0.3) is 0 Å². The number of nitrogens with zero attached hydrogens (tertiary/aromatic N) is 2. The van der Waals surface area contributed by atoms with Crippen molar-refractivity contribution in [1.29, 1.82) is 0 Å². The summed E-state index contributed by atoms with van der Waals surface area (Å²) >= 11 is 5.09. The van der Waals surface area contributed by atoms with Crippen molar-refractivity contribution in [1.82, 2.24) is 15.3 Å². The lowest BCUT2D eigenvalue weighted by atomic mass is 10.1. The molecule has 0 saturated carbocycles. The second kappa shape index (κ2) is 6.23. The molecule has 0 bridgehead atoms. The second-order valence-electron chi connectivity index (χ2n) is 3.64. The zero-order valence-electron chi connectivity index (χ0n) is 9.56. The van der Waals surface area contributed by atoms with Gasteiger partial charge in [-0.1, -0.05) is 6.92 Å². The van der Waals surface area contributed by atoms with Gasteiger partial charge < -0.3 is 5.32 Å². The highest BCUT2D eigenvalue weighted by molar-refractivity contribution is 9.10. The molecule has 2 aromatic heterocycles. The fraction of sp³-hybridized carbons (Fsp3) is 0.333. The molecule has 2 heterocycles. The van der Waals surface area contributed by atoms with Gasteiger partial charge in [-0.2, -0.15) is 0 Å². The van der Waals surface area contributed by atoms with Crippen LogP contribution in [0.2, 0.25) is 0 Å².